The van der Waals surface area contributed by atoms with E-state index in [1.54, 1.807) is 31.3 Å². The second-order valence-corrected chi connectivity index (χ2v) is 9.49. The van der Waals surface area contributed by atoms with E-state index in [1.807, 2.05) is 6.92 Å². The number of hydrogen-bond donors (Lipinski definition) is 2. The van der Waals surface area contributed by atoms with Crippen LogP contribution in [-0.4, -0.2) is 51.0 Å². The highest BCUT2D eigenvalue weighted by Crippen LogP contribution is 2.29. The van der Waals surface area contributed by atoms with Gasteiger partial charge in [0.1, 0.15) is 5.75 Å². The number of piperidine rings is 1. The molecule has 0 spiro atoms. The van der Waals surface area contributed by atoms with Crippen molar-refractivity contribution in [2.24, 2.45) is 0 Å². The van der Waals surface area contributed by atoms with Crippen LogP contribution in [0.25, 0.3) is 0 Å². The quantitative estimate of drug-likeness (QED) is 0.601. The van der Waals surface area contributed by atoms with Crippen LogP contribution in [-0.2, 0) is 14.8 Å². The molecule has 0 saturated carbocycles. The number of alkyl halides is 3. The summed E-state index contributed by atoms with van der Waals surface area (Å²) in [5.41, 5.74) is 0.0618. The molecule has 0 radical (unpaired) electrons. The molecule has 1 saturated heterocycles. The van der Waals surface area contributed by atoms with Crippen LogP contribution in [0, 0.1) is 6.92 Å². The van der Waals surface area contributed by atoms with E-state index in [9.17, 15) is 26.4 Å². The molecule has 1 aliphatic rings. The summed E-state index contributed by atoms with van der Waals surface area (Å²) in [6.45, 7) is 2.13. The van der Waals surface area contributed by atoms with Crippen molar-refractivity contribution >= 4 is 21.8 Å². The van der Waals surface area contributed by atoms with Gasteiger partial charge in [-0.05, 0) is 50.4 Å². The topological polar surface area (TPSA) is 97.0 Å². The van der Waals surface area contributed by atoms with Gasteiger partial charge in [0, 0.05) is 31.6 Å². The smallest absolute Gasteiger partial charge is 0.427 e. The number of ether oxygens (including phenoxy) is 2. The molecule has 0 unspecified atom stereocenters. The first-order chi connectivity index (χ1) is 15.4. The van der Waals surface area contributed by atoms with E-state index in [-0.39, 0.29) is 36.5 Å². The molecule has 2 aromatic carbocycles. The van der Waals surface area contributed by atoms with Crippen LogP contribution >= 0.6 is 0 Å². The number of anilines is 1. The zero-order chi connectivity index (χ0) is 24.3. The Balaban J connectivity index is 1.59. The predicted octanol–water partition coefficient (Wildman–Crippen LogP) is 3.84. The zero-order valence-corrected chi connectivity index (χ0v) is 18.8. The van der Waals surface area contributed by atoms with E-state index in [0.717, 1.165) is 17.7 Å². The van der Waals surface area contributed by atoms with Gasteiger partial charge in [0.05, 0.1) is 4.90 Å². The summed E-state index contributed by atoms with van der Waals surface area (Å²) in [6.07, 6.45) is -5.22. The lowest BCUT2D eigenvalue weighted by atomic mass is 10.0. The minimum atomic E-state index is -4.81. The Bertz CT molecular complexity index is 1070. The Morgan fingerprint density at radius 1 is 1.03 bits per heavy atom. The maximum absolute atomic E-state index is 12.9. The largest absolute Gasteiger partial charge is 0.573 e. The monoisotopic (exact) mass is 487 g/mol. The molecule has 1 fully saturated rings. The number of rotatable bonds is 6. The molecule has 0 aromatic heterocycles. The van der Waals surface area contributed by atoms with Crippen LogP contribution in [0.1, 0.15) is 18.4 Å². The van der Waals surface area contributed by atoms with Crippen LogP contribution in [0.2, 0.25) is 0 Å². The van der Waals surface area contributed by atoms with Crippen LogP contribution in [0.5, 0.6) is 5.75 Å². The highest BCUT2D eigenvalue weighted by Gasteiger charge is 2.40. The average molecular weight is 488 g/mol. The van der Waals surface area contributed by atoms with Crippen molar-refractivity contribution < 1.29 is 35.9 Å². The number of carbonyl (C=O) groups is 1. The van der Waals surface area contributed by atoms with Crippen molar-refractivity contribution in [3.63, 3.8) is 0 Å². The normalized spacial score (nSPS) is 16.8. The lowest BCUT2D eigenvalue weighted by molar-refractivity contribution is -0.274. The van der Waals surface area contributed by atoms with Gasteiger partial charge in [-0.1, -0.05) is 17.7 Å². The molecule has 33 heavy (non-hydrogen) atoms. The molecule has 0 bridgehead atoms. The SMILES string of the molecule is CNC1(OC(=O)Nc2ccc(OC(F)(F)F)cc2)CCN(S(=O)(=O)c2ccc(C)cc2)CC1. The summed E-state index contributed by atoms with van der Waals surface area (Å²) < 4.78 is 73.2. The molecular weight excluding hydrogens is 463 g/mol. The summed E-state index contributed by atoms with van der Waals surface area (Å²) in [4.78, 5) is 12.6. The van der Waals surface area contributed by atoms with Crippen LogP contribution < -0.4 is 15.4 Å². The summed E-state index contributed by atoms with van der Waals surface area (Å²) in [5, 5.41) is 5.38. The number of aryl methyl sites for hydroxylation is 1. The Kier molecular flexibility index (Phi) is 7.20. The molecule has 0 atom stereocenters. The van der Waals surface area contributed by atoms with Crippen molar-refractivity contribution in [2.45, 2.75) is 36.7 Å². The van der Waals surface area contributed by atoms with Gasteiger partial charge in [0.15, 0.2) is 5.72 Å². The molecule has 2 aromatic rings. The number of sulfonamides is 1. The fraction of sp³-hybridized carbons (Fsp3) is 0.381. The standard InChI is InChI=1S/C21H24F3N3O5S/c1-15-3-9-18(10-4-15)33(29,30)27-13-11-20(25-2,12-14-27)32-19(28)26-16-5-7-17(8-6-16)31-21(22,23)24/h3-10,25H,11-14H2,1-2H3,(H,26,28). The van der Waals surface area contributed by atoms with Crippen molar-refractivity contribution in [1.29, 1.82) is 0 Å². The molecule has 1 aliphatic heterocycles. The molecule has 180 valence electrons. The molecule has 0 aliphatic carbocycles. The summed E-state index contributed by atoms with van der Waals surface area (Å²) in [6, 6.07) is 11.2. The van der Waals surface area contributed by atoms with Crippen LogP contribution in [0.4, 0.5) is 23.7 Å². The van der Waals surface area contributed by atoms with Gasteiger partial charge in [-0.2, -0.15) is 4.31 Å². The number of hydrogen-bond acceptors (Lipinski definition) is 6. The summed E-state index contributed by atoms with van der Waals surface area (Å²) in [7, 11) is -2.08. The number of nitrogens with zero attached hydrogens (tertiary/aromatic N) is 1. The van der Waals surface area contributed by atoms with E-state index in [1.165, 1.54) is 16.4 Å². The third-order valence-corrected chi connectivity index (χ3v) is 7.18. The molecule has 3 rings (SSSR count). The first-order valence-corrected chi connectivity index (χ1v) is 11.5. The van der Waals surface area contributed by atoms with Gasteiger partial charge in [0.25, 0.3) is 0 Å². The van der Waals surface area contributed by atoms with Gasteiger partial charge in [-0.15, -0.1) is 13.2 Å². The minimum Gasteiger partial charge on any atom is -0.427 e. The Morgan fingerprint density at radius 3 is 2.12 bits per heavy atom. The third-order valence-electron chi connectivity index (χ3n) is 5.27. The van der Waals surface area contributed by atoms with E-state index in [0.29, 0.717) is 0 Å². The van der Waals surface area contributed by atoms with Gasteiger partial charge in [0.2, 0.25) is 10.0 Å². The lowest BCUT2D eigenvalue weighted by Crippen LogP contribution is -2.56. The maximum Gasteiger partial charge on any atom is 0.573 e. The molecule has 12 heteroatoms. The van der Waals surface area contributed by atoms with Crippen molar-refractivity contribution in [3.8, 4) is 5.75 Å². The van der Waals surface area contributed by atoms with Crippen LogP contribution in [0.15, 0.2) is 53.4 Å². The third kappa shape index (κ3) is 6.36. The predicted molar refractivity (Wildman–Crippen MR) is 114 cm³/mol. The van der Waals surface area contributed by atoms with Crippen molar-refractivity contribution in [1.82, 2.24) is 9.62 Å². The second kappa shape index (κ2) is 9.57. The number of benzene rings is 2. The minimum absolute atomic E-state index is 0.133. The number of halogens is 3. The fourth-order valence-electron chi connectivity index (χ4n) is 3.41. The van der Waals surface area contributed by atoms with E-state index in [4.69, 9.17) is 4.74 Å². The highest BCUT2D eigenvalue weighted by atomic mass is 32.2. The second-order valence-electron chi connectivity index (χ2n) is 7.55. The van der Waals surface area contributed by atoms with E-state index < -0.39 is 34.0 Å². The van der Waals surface area contributed by atoms with Crippen LogP contribution in [0.3, 0.4) is 0 Å². The van der Waals surface area contributed by atoms with Gasteiger partial charge in [-0.3, -0.25) is 10.6 Å². The Hall–Kier alpha value is -2.83. The van der Waals surface area contributed by atoms with E-state index in [2.05, 4.69) is 15.4 Å². The average Bonchev–Trinajstić information content (AvgIpc) is 2.75. The lowest BCUT2D eigenvalue weighted by Gasteiger charge is -2.40. The Morgan fingerprint density at radius 2 is 1.61 bits per heavy atom. The first-order valence-electron chi connectivity index (χ1n) is 10.0. The number of amides is 1. The van der Waals surface area contributed by atoms with Gasteiger partial charge >= 0.3 is 12.5 Å². The molecule has 1 amide bonds. The molecule has 8 nitrogen and oxygen atoms in total. The zero-order valence-electron chi connectivity index (χ0n) is 18.0. The Labute approximate surface area is 189 Å². The van der Waals surface area contributed by atoms with Gasteiger partial charge in [-0.25, -0.2) is 13.2 Å². The summed E-state index contributed by atoms with van der Waals surface area (Å²) >= 11 is 0. The number of nitrogens with one attached hydrogen (secondary N) is 2. The highest BCUT2D eigenvalue weighted by molar-refractivity contribution is 7.89. The first kappa shape index (κ1) is 24.8. The molecule has 2 N–H and O–H groups in total. The van der Waals surface area contributed by atoms with Crippen molar-refractivity contribution in [3.05, 3.63) is 54.1 Å². The van der Waals surface area contributed by atoms with E-state index >= 15 is 0 Å². The molecule has 1 heterocycles. The molecular formula is C21H24F3N3O5S. The fourth-order valence-corrected chi connectivity index (χ4v) is 4.85. The van der Waals surface area contributed by atoms with Gasteiger partial charge < -0.3 is 9.47 Å². The maximum atomic E-state index is 12.9. The number of carbonyl (C=O) groups excluding carboxylic acids is 1. The summed E-state index contributed by atoms with van der Waals surface area (Å²) in [5.74, 6) is -0.421. The van der Waals surface area contributed by atoms with Crippen molar-refractivity contribution in [2.75, 3.05) is 25.5 Å².